The number of piperidine rings is 1. The van der Waals surface area contributed by atoms with Gasteiger partial charge in [0, 0.05) is 13.5 Å². The SMILES string of the molecule is CC(=O)N1CCCC(Oc2ncc(Cl)cn2)C1. The maximum atomic E-state index is 11.3. The van der Waals surface area contributed by atoms with E-state index in [-0.39, 0.29) is 12.0 Å². The summed E-state index contributed by atoms with van der Waals surface area (Å²) >= 11 is 5.69. The van der Waals surface area contributed by atoms with Gasteiger partial charge in [0.25, 0.3) is 0 Å². The zero-order valence-electron chi connectivity index (χ0n) is 9.60. The van der Waals surface area contributed by atoms with E-state index < -0.39 is 0 Å². The third-order valence-electron chi connectivity index (χ3n) is 2.69. The normalized spacial score (nSPS) is 20.1. The van der Waals surface area contributed by atoms with Crippen molar-refractivity contribution in [3.63, 3.8) is 0 Å². The molecule has 1 unspecified atom stereocenters. The van der Waals surface area contributed by atoms with E-state index in [1.807, 2.05) is 0 Å². The van der Waals surface area contributed by atoms with Gasteiger partial charge in [-0.25, -0.2) is 9.97 Å². The first-order valence-corrected chi connectivity index (χ1v) is 5.92. The highest BCUT2D eigenvalue weighted by Crippen LogP contribution is 2.16. The first-order valence-electron chi connectivity index (χ1n) is 5.55. The van der Waals surface area contributed by atoms with Crippen molar-refractivity contribution in [2.45, 2.75) is 25.9 Å². The zero-order valence-corrected chi connectivity index (χ0v) is 10.4. The standard InChI is InChI=1S/C11H14ClN3O2/c1-8(16)15-4-2-3-10(7-15)17-11-13-5-9(12)6-14-11/h5-6,10H,2-4,7H2,1H3. The number of nitrogens with zero attached hydrogens (tertiary/aromatic N) is 3. The first-order chi connectivity index (χ1) is 8.15. The Kier molecular flexibility index (Phi) is 3.78. The molecule has 1 amide bonds. The zero-order chi connectivity index (χ0) is 12.3. The number of hydrogen-bond acceptors (Lipinski definition) is 4. The molecular formula is C11H14ClN3O2. The molecule has 0 radical (unpaired) electrons. The molecule has 92 valence electrons. The molecule has 17 heavy (non-hydrogen) atoms. The predicted molar refractivity (Wildman–Crippen MR) is 62.9 cm³/mol. The van der Waals surface area contributed by atoms with Gasteiger partial charge in [0.15, 0.2) is 0 Å². The van der Waals surface area contributed by atoms with E-state index in [1.54, 1.807) is 11.8 Å². The molecule has 5 nitrogen and oxygen atoms in total. The second kappa shape index (κ2) is 5.31. The summed E-state index contributed by atoms with van der Waals surface area (Å²) in [7, 11) is 0. The van der Waals surface area contributed by atoms with Gasteiger partial charge < -0.3 is 9.64 Å². The van der Waals surface area contributed by atoms with Crippen LogP contribution in [0.25, 0.3) is 0 Å². The molecule has 1 aromatic heterocycles. The predicted octanol–water partition coefficient (Wildman–Crippen LogP) is 1.52. The molecule has 0 N–H and O–H groups in total. The average molecular weight is 256 g/mol. The van der Waals surface area contributed by atoms with Crippen molar-refractivity contribution < 1.29 is 9.53 Å². The van der Waals surface area contributed by atoms with E-state index >= 15 is 0 Å². The second-order valence-corrected chi connectivity index (χ2v) is 4.47. The van der Waals surface area contributed by atoms with Crippen molar-refractivity contribution in [1.29, 1.82) is 0 Å². The Balaban J connectivity index is 1.94. The summed E-state index contributed by atoms with van der Waals surface area (Å²) < 4.78 is 5.62. The van der Waals surface area contributed by atoms with Crippen LogP contribution < -0.4 is 4.74 Å². The monoisotopic (exact) mass is 255 g/mol. The highest BCUT2D eigenvalue weighted by Gasteiger charge is 2.23. The van der Waals surface area contributed by atoms with Gasteiger partial charge in [-0.2, -0.15) is 0 Å². The van der Waals surface area contributed by atoms with Crippen LogP contribution in [0.2, 0.25) is 5.02 Å². The fourth-order valence-corrected chi connectivity index (χ4v) is 1.93. The molecule has 0 saturated carbocycles. The summed E-state index contributed by atoms with van der Waals surface area (Å²) in [5, 5.41) is 0.478. The van der Waals surface area contributed by atoms with Crippen LogP contribution in [0.1, 0.15) is 19.8 Å². The fourth-order valence-electron chi connectivity index (χ4n) is 1.83. The van der Waals surface area contributed by atoms with Gasteiger partial charge in [-0.3, -0.25) is 4.79 Å². The van der Waals surface area contributed by atoms with Crippen LogP contribution in [0, 0.1) is 0 Å². The summed E-state index contributed by atoms with van der Waals surface area (Å²) in [4.78, 5) is 21.0. The van der Waals surface area contributed by atoms with Gasteiger partial charge in [-0.05, 0) is 12.8 Å². The molecule has 1 atom stereocenters. The molecule has 0 spiro atoms. The van der Waals surface area contributed by atoms with E-state index in [0.29, 0.717) is 17.6 Å². The summed E-state index contributed by atoms with van der Waals surface area (Å²) in [5.74, 6) is 0.0790. The van der Waals surface area contributed by atoms with Crippen LogP contribution in [-0.4, -0.2) is 40.0 Å². The van der Waals surface area contributed by atoms with Crippen molar-refractivity contribution in [2.75, 3.05) is 13.1 Å². The van der Waals surface area contributed by atoms with Crippen LogP contribution in [0.15, 0.2) is 12.4 Å². The topological polar surface area (TPSA) is 55.3 Å². The molecule has 0 bridgehead atoms. The fraction of sp³-hybridized carbons (Fsp3) is 0.545. The second-order valence-electron chi connectivity index (χ2n) is 4.03. The van der Waals surface area contributed by atoms with E-state index in [9.17, 15) is 4.79 Å². The lowest BCUT2D eigenvalue weighted by Gasteiger charge is -2.31. The van der Waals surface area contributed by atoms with Gasteiger partial charge in [0.2, 0.25) is 5.91 Å². The van der Waals surface area contributed by atoms with Crippen molar-refractivity contribution in [3.05, 3.63) is 17.4 Å². The maximum absolute atomic E-state index is 11.3. The molecule has 0 aromatic carbocycles. The number of hydrogen-bond donors (Lipinski definition) is 0. The molecule has 1 fully saturated rings. The third kappa shape index (κ3) is 3.30. The number of rotatable bonds is 2. The van der Waals surface area contributed by atoms with Crippen molar-refractivity contribution in [2.24, 2.45) is 0 Å². The number of amides is 1. The van der Waals surface area contributed by atoms with Crippen molar-refractivity contribution >= 4 is 17.5 Å². The number of ether oxygens (including phenoxy) is 1. The van der Waals surface area contributed by atoms with Gasteiger partial charge in [0.05, 0.1) is 24.0 Å². The Morgan fingerprint density at radius 1 is 1.53 bits per heavy atom. The Hall–Kier alpha value is -1.36. The smallest absolute Gasteiger partial charge is 0.316 e. The average Bonchev–Trinajstić information content (AvgIpc) is 2.32. The van der Waals surface area contributed by atoms with Crippen LogP contribution >= 0.6 is 11.6 Å². The molecule has 2 rings (SSSR count). The van der Waals surface area contributed by atoms with E-state index in [0.717, 1.165) is 19.4 Å². The molecule has 6 heteroatoms. The van der Waals surface area contributed by atoms with Crippen LogP contribution in [0.3, 0.4) is 0 Å². The Morgan fingerprint density at radius 2 is 2.24 bits per heavy atom. The van der Waals surface area contributed by atoms with Crippen LogP contribution in [-0.2, 0) is 4.79 Å². The van der Waals surface area contributed by atoms with E-state index in [2.05, 4.69) is 9.97 Å². The van der Waals surface area contributed by atoms with E-state index in [1.165, 1.54) is 12.4 Å². The number of carbonyl (C=O) groups excluding carboxylic acids is 1. The molecule has 1 saturated heterocycles. The quantitative estimate of drug-likeness (QED) is 0.804. The molecule has 0 aliphatic carbocycles. The van der Waals surface area contributed by atoms with Gasteiger partial charge in [-0.1, -0.05) is 11.6 Å². The summed E-state index contributed by atoms with van der Waals surface area (Å²) in [5.41, 5.74) is 0. The van der Waals surface area contributed by atoms with Gasteiger partial charge in [0.1, 0.15) is 6.10 Å². The third-order valence-corrected chi connectivity index (χ3v) is 2.89. The number of halogens is 1. The number of carbonyl (C=O) groups is 1. The largest absolute Gasteiger partial charge is 0.458 e. The number of aromatic nitrogens is 2. The first kappa shape index (κ1) is 12.1. The Bertz CT molecular complexity index is 396. The molecule has 1 aliphatic rings. The van der Waals surface area contributed by atoms with Crippen LogP contribution in [0.4, 0.5) is 0 Å². The van der Waals surface area contributed by atoms with E-state index in [4.69, 9.17) is 16.3 Å². The summed E-state index contributed by atoms with van der Waals surface area (Å²) in [6.07, 6.45) is 4.81. The lowest BCUT2D eigenvalue weighted by atomic mass is 10.1. The van der Waals surface area contributed by atoms with Crippen LogP contribution in [0.5, 0.6) is 6.01 Å². The highest BCUT2D eigenvalue weighted by atomic mass is 35.5. The highest BCUT2D eigenvalue weighted by molar-refractivity contribution is 6.30. The summed E-state index contributed by atoms with van der Waals surface area (Å²) in [6, 6.07) is 0.310. The number of likely N-dealkylation sites (tertiary alicyclic amines) is 1. The molecule has 1 aliphatic heterocycles. The molecule has 2 heterocycles. The molecule has 1 aromatic rings. The van der Waals surface area contributed by atoms with Crippen molar-refractivity contribution in [3.8, 4) is 6.01 Å². The molecular weight excluding hydrogens is 242 g/mol. The Labute approximate surface area is 105 Å². The summed E-state index contributed by atoms with van der Waals surface area (Å²) in [6.45, 7) is 2.97. The van der Waals surface area contributed by atoms with Crippen molar-refractivity contribution in [1.82, 2.24) is 14.9 Å². The Morgan fingerprint density at radius 3 is 2.88 bits per heavy atom. The minimum atomic E-state index is -0.0335. The lowest BCUT2D eigenvalue weighted by molar-refractivity contribution is -0.131. The van der Waals surface area contributed by atoms with Gasteiger partial charge >= 0.3 is 6.01 Å². The minimum Gasteiger partial charge on any atom is -0.458 e. The minimum absolute atomic E-state index is 0.0335. The lowest BCUT2D eigenvalue weighted by Crippen LogP contribution is -2.43. The van der Waals surface area contributed by atoms with Gasteiger partial charge in [-0.15, -0.1) is 0 Å². The maximum Gasteiger partial charge on any atom is 0.316 e.